The number of carbonyl (C=O) groups is 1. The lowest BCUT2D eigenvalue weighted by atomic mass is 10.1. The van der Waals surface area contributed by atoms with Crippen molar-refractivity contribution in [2.45, 2.75) is 13.5 Å². The Morgan fingerprint density at radius 3 is 2.68 bits per heavy atom. The first kappa shape index (κ1) is 16.7. The van der Waals surface area contributed by atoms with Crippen molar-refractivity contribution in [1.82, 2.24) is 9.88 Å². The molecule has 0 saturated heterocycles. The van der Waals surface area contributed by atoms with E-state index in [-0.39, 0.29) is 5.91 Å². The fourth-order valence-corrected chi connectivity index (χ4v) is 2.68. The number of benzene rings is 2. The standard InChI is InChI=1S/C21H21N3O/c1-15-11-16(13-23-21(15)22)8-10-20(25)24(2)14-17-7-9-18-5-3-4-6-19(18)12-17/h3-13H,14H2,1-2H3,(H2,22,23). The molecule has 3 rings (SSSR count). The van der Waals surface area contributed by atoms with Crippen molar-refractivity contribution in [1.29, 1.82) is 0 Å². The monoisotopic (exact) mass is 331 g/mol. The van der Waals surface area contributed by atoms with Crippen LogP contribution >= 0.6 is 0 Å². The maximum atomic E-state index is 12.3. The second kappa shape index (κ2) is 7.18. The lowest BCUT2D eigenvalue weighted by molar-refractivity contribution is -0.125. The van der Waals surface area contributed by atoms with Gasteiger partial charge in [-0.2, -0.15) is 0 Å². The second-order valence-electron chi connectivity index (χ2n) is 6.18. The van der Waals surface area contributed by atoms with Crippen molar-refractivity contribution in [3.63, 3.8) is 0 Å². The lowest BCUT2D eigenvalue weighted by Gasteiger charge is -2.15. The summed E-state index contributed by atoms with van der Waals surface area (Å²) in [7, 11) is 1.80. The summed E-state index contributed by atoms with van der Waals surface area (Å²) in [5, 5.41) is 2.38. The van der Waals surface area contributed by atoms with Crippen LogP contribution in [-0.4, -0.2) is 22.8 Å². The van der Waals surface area contributed by atoms with Crippen LogP contribution in [0.25, 0.3) is 16.8 Å². The van der Waals surface area contributed by atoms with Gasteiger partial charge in [-0.1, -0.05) is 36.4 Å². The number of nitrogens with zero attached hydrogens (tertiary/aromatic N) is 2. The van der Waals surface area contributed by atoms with E-state index in [1.165, 1.54) is 10.8 Å². The van der Waals surface area contributed by atoms with E-state index >= 15 is 0 Å². The van der Waals surface area contributed by atoms with Gasteiger partial charge in [0, 0.05) is 25.9 Å². The predicted octanol–water partition coefficient (Wildman–Crippen LogP) is 3.80. The molecule has 4 heteroatoms. The predicted molar refractivity (Wildman–Crippen MR) is 103 cm³/mol. The van der Waals surface area contributed by atoms with Crippen LogP contribution in [0.4, 0.5) is 5.82 Å². The number of nitrogens with two attached hydrogens (primary N) is 1. The molecule has 2 aromatic carbocycles. The Balaban J connectivity index is 1.68. The highest BCUT2D eigenvalue weighted by Crippen LogP contribution is 2.17. The van der Waals surface area contributed by atoms with Crippen LogP contribution in [0, 0.1) is 6.92 Å². The Hall–Kier alpha value is -3.14. The molecule has 2 N–H and O–H groups in total. The van der Waals surface area contributed by atoms with Gasteiger partial charge >= 0.3 is 0 Å². The van der Waals surface area contributed by atoms with Gasteiger partial charge in [0.25, 0.3) is 0 Å². The Labute approximate surface area is 147 Å². The molecular formula is C21H21N3O. The Bertz CT molecular complexity index is 947. The Morgan fingerprint density at radius 1 is 1.16 bits per heavy atom. The van der Waals surface area contributed by atoms with Crippen molar-refractivity contribution in [3.8, 4) is 0 Å². The Kier molecular flexibility index (Phi) is 4.80. The zero-order chi connectivity index (χ0) is 17.8. The SMILES string of the molecule is Cc1cc(C=CC(=O)N(C)Cc2ccc3ccccc3c2)cnc1N. The summed E-state index contributed by atoms with van der Waals surface area (Å²) < 4.78 is 0. The summed E-state index contributed by atoms with van der Waals surface area (Å²) in [6.45, 7) is 2.46. The van der Waals surface area contributed by atoms with Gasteiger partial charge in [0.15, 0.2) is 0 Å². The molecule has 0 unspecified atom stereocenters. The summed E-state index contributed by atoms with van der Waals surface area (Å²) in [4.78, 5) is 18.1. The van der Waals surface area contributed by atoms with Gasteiger partial charge in [0.2, 0.25) is 5.91 Å². The number of carbonyl (C=O) groups excluding carboxylic acids is 1. The molecule has 1 aromatic heterocycles. The largest absolute Gasteiger partial charge is 0.383 e. The number of hydrogen-bond donors (Lipinski definition) is 1. The number of hydrogen-bond acceptors (Lipinski definition) is 3. The molecule has 126 valence electrons. The van der Waals surface area contributed by atoms with E-state index in [1.807, 2.05) is 25.1 Å². The third-order valence-electron chi connectivity index (χ3n) is 4.17. The molecule has 3 aromatic rings. The van der Waals surface area contributed by atoms with Crippen molar-refractivity contribution in [2.75, 3.05) is 12.8 Å². The van der Waals surface area contributed by atoms with Gasteiger partial charge in [-0.15, -0.1) is 0 Å². The topological polar surface area (TPSA) is 59.2 Å². The number of nitrogen functional groups attached to an aromatic ring is 1. The van der Waals surface area contributed by atoms with Crippen LogP contribution in [0.2, 0.25) is 0 Å². The summed E-state index contributed by atoms with van der Waals surface area (Å²) in [5.74, 6) is 0.458. The normalized spacial score (nSPS) is 11.1. The molecule has 25 heavy (non-hydrogen) atoms. The molecule has 0 aliphatic rings. The van der Waals surface area contributed by atoms with Gasteiger partial charge < -0.3 is 10.6 Å². The van der Waals surface area contributed by atoms with Crippen LogP contribution in [0.5, 0.6) is 0 Å². The molecule has 0 fully saturated rings. The number of pyridine rings is 1. The maximum absolute atomic E-state index is 12.3. The van der Waals surface area contributed by atoms with Crippen molar-refractivity contribution in [3.05, 3.63) is 77.5 Å². The van der Waals surface area contributed by atoms with Crippen LogP contribution < -0.4 is 5.73 Å². The zero-order valence-electron chi connectivity index (χ0n) is 14.4. The van der Waals surface area contributed by atoms with E-state index in [9.17, 15) is 4.79 Å². The molecule has 4 nitrogen and oxygen atoms in total. The molecule has 0 saturated carbocycles. The number of aryl methyl sites for hydroxylation is 1. The minimum atomic E-state index is -0.0531. The average Bonchev–Trinajstić information content (AvgIpc) is 2.62. The van der Waals surface area contributed by atoms with Gasteiger partial charge in [-0.05, 0) is 52.6 Å². The number of rotatable bonds is 4. The smallest absolute Gasteiger partial charge is 0.246 e. The first-order chi connectivity index (χ1) is 12.0. The highest BCUT2D eigenvalue weighted by Gasteiger charge is 2.06. The minimum Gasteiger partial charge on any atom is -0.383 e. The number of amides is 1. The van der Waals surface area contributed by atoms with E-state index in [0.29, 0.717) is 12.4 Å². The molecule has 0 spiro atoms. The van der Waals surface area contributed by atoms with Crippen LogP contribution in [0.1, 0.15) is 16.7 Å². The first-order valence-electron chi connectivity index (χ1n) is 8.16. The summed E-state index contributed by atoms with van der Waals surface area (Å²) in [6, 6.07) is 16.4. The van der Waals surface area contributed by atoms with E-state index in [2.05, 4.69) is 35.3 Å². The van der Waals surface area contributed by atoms with Gasteiger partial charge in [0.1, 0.15) is 5.82 Å². The molecule has 0 aliphatic heterocycles. The van der Waals surface area contributed by atoms with Gasteiger partial charge in [-0.25, -0.2) is 4.98 Å². The fourth-order valence-electron chi connectivity index (χ4n) is 2.68. The third kappa shape index (κ3) is 4.04. The summed E-state index contributed by atoms with van der Waals surface area (Å²) in [5.41, 5.74) is 8.57. The molecule has 0 aliphatic carbocycles. The fraction of sp³-hybridized carbons (Fsp3) is 0.143. The molecule has 1 heterocycles. The number of likely N-dealkylation sites (N-methyl/N-ethyl adjacent to an activating group) is 1. The van der Waals surface area contributed by atoms with E-state index in [1.54, 1.807) is 30.3 Å². The zero-order valence-corrected chi connectivity index (χ0v) is 14.4. The summed E-state index contributed by atoms with van der Waals surface area (Å²) >= 11 is 0. The van der Waals surface area contributed by atoms with Gasteiger partial charge in [-0.3, -0.25) is 4.79 Å². The lowest BCUT2D eigenvalue weighted by Crippen LogP contribution is -2.24. The molecule has 0 bridgehead atoms. The van der Waals surface area contributed by atoms with Crippen LogP contribution in [-0.2, 0) is 11.3 Å². The number of fused-ring (bicyclic) bond motifs is 1. The second-order valence-corrected chi connectivity index (χ2v) is 6.18. The Morgan fingerprint density at radius 2 is 1.92 bits per heavy atom. The quantitative estimate of drug-likeness (QED) is 0.740. The number of anilines is 1. The van der Waals surface area contributed by atoms with Crippen LogP contribution in [0.3, 0.4) is 0 Å². The maximum Gasteiger partial charge on any atom is 0.246 e. The third-order valence-corrected chi connectivity index (χ3v) is 4.17. The minimum absolute atomic E-state index is 0.0531. The van der Waals surface area contributed by atoms with E-state index < -0.39 is 0 Å². The molecule has 0 radical (unpaired) electrons. The van der Waals surface area contributed by atoms with Crippen molar-refractivity contribution >= 4 is 28.6 Å². The van der Waals surface area contributed by atoms with E-state index in [0.717, 1.165) is 16.7 Å². The molecular weight excluding hydrogens is 310 g/mol. The van der Waals surface area contributed by atoms with Crippen molar-refractivity contribution < 1.29 is 4.79 Å². The van der Waals surface area contributed by atoms with Crippen LogP contribution in [0.15, 0.2) is 60.8 Å². The average molecular weight is 331 g/mol. The first-order valence-corrected chi connectivity index (χ1v) is 8.16. The van der Waals surface area contributed by atoms with E-state index in [4.69, 9.17) is 5.73 Å². The molecule has 1 amide bonds. The summed E-state index contributed by atoms with van der Waals surface area (Å²) in [6.07, 6.45) is 4.99. The highest BCUT2D eigenvalue weighted by atomic mass is 16.2. The highest BCUT2D eigenvalue weighted by molar-refractivity contribution is 5.91. The van der Waals surface area contributed by atoms with Gasteiger partial charge in [0.05, 0.1) is 0 Å². The molecule has 0 atom stereocenters. The van der Waals surface area contributed by atoms with Crippen molar-refractivity contribution in [2.24, 2.45) is 0 Å². The number of aromatic nitrogens is 1.